The van der Waals surface area contributed by atoms with E-state index in [1.807, 2.05) is 36.4 Å². The van der Waals surface area contributed by atoms with Crippen molar-refractivity contribution in [2.75, 3.05) is 6.26 Å². The minimum absolute atomic E-state index is 0. The van der Waals surface area contributed by atoms with Gasteiger partial charge in [-0.2, -0.15) is 4.72 Å². The van der Waals surface area contributed by atoms with Crippen molar-refractivity contribution >= 4 is 21.6 Å². The van der Waals surface area contributed by atoms with E-state index < -0.39 is 21.1 Å². The molecule has 4 nitrogen and oxygen atoms in total. The van der Waals surface area contributed by atoms with Crippen molar-refractivity contribution < 1.29 is 27.9 Å². The first-order valence-corrected chi connectivity index (χ1v) is 12.4. The van der Waals surface area contributed by atoms with Crippen LogP contribution in [0, 0.1) is 6.92 Å². The van der Waals surface area contributed by atoms with E-state index >= 15 is 0 Å². The Labute approximate surface area is 210 Å². The molecule has 0 heterocycles. The van der Waals surface area contributed by atoms with Gasteiger partial charge in [0, 0.05) is 19.5 Å². The molecule has 2 atom stereocenters. The maximum absolute atomic E-state index is 11.7. The van der Waals surface area contributed by atoms with Gasteiger partial charge in [0.2, 0.25) is 10.0 Å². The summed E-state index contributed by atoms with van der Waals surface area (Å²) in [6.45, 7) is 6.54. The Morgan fingerprint density at radius 1 is 0.844 bits per heavy atom. The van der Waals surface area contributed by atoms with Gasteiger partial charge in [0.1, 0.15) is 0 Å². The minimum Gasteiger partial charge on any atom is -0.321 e. The predicted molar refractivity (Wildman–Crippen MR) is 131 cm³/mol. The van der Waals surface area contributed by atoms with Crippen molar-refractivity contribution in [3.8, 4) is 0 Å². The average molecular weight is 560 g/mol. The van der Waals surface area contributed by atoms with E-state index in [0.29, 0.717) is 11.5 Å². The maximum atomic E-state index is 11.7. The van der Waals surface area contributed by atoms with E-state index in [2.05, 4.69) is 49.8 Å². The van der Waals surface area contributed by atoms with Gasteiger partial charge in [-0.05, 0) is 29.5 Å². The Kier molecular flexibility index (Phi) is 11.2. The molecular weight excluding hydrogens is 529 g/mol. The van der Waals surface area contributed by atoms with Crippen LogP contribution >= 0.6 is 11.6 Å². The Hall–Kier alpha value is -1.56. The standard InChI is InChI=1S/C15H17ClN2O2S.C10H14.Ru/c1-21(19,20)18-15(16,13-10-6-3-7-11-13)14(17)12-8-4-2-5-9-12;1-8(2)10-6-4-9(3)5-7-10;/h2-11,14,18H,17H2,1H3;4-8H,1-3H3;/t14-,15-;;/m1../s1. The van der Waals surface area contributed by atoms with E-state index in [-0.39, 0.29) is 19.5 Å². The number of nitrogens with two attached hydrogens (primary N) is 1. The van der Waals surface area contributed by atoms with Gasteiger partial charge in [-0.15, -0.1) is 0 Å². The molecule has 0 fully saturated rings. The Bertz CT molecular complexity index is 1050. The molecular formula is C25H31ClN2O2RuS. The van der Waals surface area contributed by atoms with Gasteiger partial charge >= 0.3 is 0 Å². The molecule has 32 heavy (non-hydrogen) atoms. The Morgan fingerprint density at radius 3 is 1.75 bits per heavy atom. The van der Waals surface area contributed by atoms with Crippen LogP contribution in [0.1, 0.15) is 48.1 Å². The molecule has 0 aliphatic heterocycles. The number of rotatable bonds is 6. The summed E-state index contributed by atoms with van der Waals surface area (Å²) < 4.78 is 25.9. The summed E-state index contributed by atoms with van der Waals surface area (Å²) in [5.74, 6) is 0.653. The van der Waals surface area contributed by atoms with Crippen LogP contribution < -0.4 is 10.5 Å². The van der Waals surface area contributed by atoms with Crippen LogP contribution in [-0.4, -0.2) is 14.7 Å². The quantitative estimate of drug-likeness (QED) is 0.240. The normalized spacial score (nSPS) is 13.8. The third kappa shape index (κ3) is 8.42. The third-order valence-electron chi connectivity index (χ3n) is 4.86. The van der Waals surface area contributed by atoms with Gasteiger partial charge < -0.3 is 5.73 Å². The zero-order valence-electron chi connectivity index (χ0n) is 18.8. The summed E-state index contributed by atoms with van der Waals surface area (Å²) in [6, 6.07) is 26.0. The van der Waals surface area contributed by atoms with Crippen LogP contribution in [0.15, 0.2) is 84.9 Å². The first-order valence-electron chi connectivity index (χ1n) is 10.1. The molecule has 0 aromatic heterocycles. The maximum Gasteiger partial charge on any atom is 0.210 e. The molecule has 3 aromatic rings. The average Bonchev–Trinajstić information content (AvgIpc) is 2.74. The molecule has 0 aliphatic rings. The molecule has 0 spiro atoms. The Balaban J connectivity index is 0.000000393. The first-order chi connectivity index (χ1) is 14.5. The molecule has 174 valence electrons. The molecule has 3 rings (SSSR count). The van der Waals surface area contributed by atoms with Crippen molar-refractivity contribution in [2.24, 2.45) is 5.73 Å². The van der Waals surface area contributed by atoms with Crippen LogP contribution in [-0.2, 0) is 34.5 Å². The van der Waals surface area contributed by atoms with Crippen molar-refractivity contribution in [3.63, 3.8) is 0 Å². The predicted octanol–water partition coefficient (Wildman–Crippen LogP) is 5.44. The molecule has 0 saturated heterocycles. The third-order valence-corrected chi connectivity index (χ3v) is 6.21. The number of alkyl halides is 1. The smallest absolute Gasteiger partial charge is 0.210 e. The zero-order chi connectivity index (χ0) is 23.1. The van der Waals surface area contributed by atoms with Crippen molar-refractivity contribution in [1.82, 2.24) is 4.72 Å². The summed E-state index contributed by atoms with van der Waals surface area (Å²) in [5.41, 5.74) is 10.3. The number of hydrogen-bond acceptors (Lipinski definition) is 3. The van der Waals surface area contributed by atoms with Gasteiger partial charge in [0.25, 0.3) is 0 Å². The summed E-state index contributed by atoms with van der Waals surface area (Å²) >= 11 is 6.62. The zero-order valence-corrected chi connectivity index (χ0v) is 22.1. The largest absolute Gasteiger partial charge is 0.321 e. The summed E-state index contributed by atoms with van der Waals surface area (Å²) in [5, 5.41) is 0. The first kappa shape index (κ1) is 28.5. The van der Waals surface area contributed by atoms with Gasteiger partial charge in [-0.3, -0.25) is 0 Å². The fourth-order valence-corrected chi connectivity index (χ4v) is 4.55. The summed E-state index contributed by atoms with van der Waals surface area (Å²) in [7, 11) is -3.54. The van der Waals surface area contributed by atoms with Crippen LogP contribution in [0.3, 0.4) is 0 Å². The number of nitrogens with one attached hydrogen (secondary N) is 1. The molecule has 0 unspecified atom stereocenters. The van der Waals surface area contributed by atoms with Crippen LogP contribution in [0.25, 0.3) is 0 Å². The van der Waals surface area contributed by atoms with E-state index in [1.54, 1.807) is 24.3 Å². The number of hydrogen-bond donors (Lipinski definition) is 2. The van der Waals surface area contributed by atoms with Gasteiger partial charge in [0.05, 0.1) is 12.3 Å². The van der Waals surface area contributed by atoms with E-state index in [1.165, 1.54) is 11.1 Å². The molecule has 0 amide bonds. The molecule has 0 aliphatic carbocycles. The molecule has 0 bridgehead atoms. The fourth-order valence-electron chi connectivity index (χ4n) is 3.09. The van der Waals surface area contributed by atoms with Gasteiger partial charge in [-0.25, -0.2) is 8.42 Å². The van der Waals surface area contributed by atoms with Crippen molar-refractivity contribution in [1.29, 1.82) is 0 Å². The van der Waals surface area contributed by atoms with Crippen LogP contribution in [0.2, 0.25) is 0 Å². The summed E-state index contributed by atoms with van der Waals surface area (Å²) in [6.07, 6.45) is 1.06. The van der Waals surface area contributed by atoms with E-state index in [9.17, 15) is 8.42 Å². The molecule has 0 radical (unpaired) electrons. The molecule has 7 heteroatoms. The second-order valence-electron chi connectivity index (χ2n) is 7.91. The molecule has 0 saturated carbocycles. The van der Waals surface area contributed by atoms with E-state index in [4.69, 9.17) is 17.3 Å². The monoisotopic (exact) mass is 560 g/mol. The number of sulfonamides is 1. The second-order valence-corrected chi connectivity index (χ2v) is 10.3. The number of halogens is 1. The van der Waals surface area contributed by atoms with Crippen LogP contribution in [0.4, 0.5) is 0 Å². The van der Waals surface area contributed by atoms with Crippen LogP contribution in [0.5, 0.6) is 0 Å². The Morgan fingerprint density at radius 2 is 1.31 bits per heavy atom. The molecule has 3 N–H and O–H groups in total. The second kappa shape index (κ2) is 12.6. The van der Waals surface area contributed by atoms with Gasteiger partial charge in [0.15, 0.2) is 5.00 Å². The number of aryl methyl sites for hydroxylation is 1. The minimum atomic E-state index is -3.54. The topological polar surface area (TPSA) is 72.2 Å². The summed E-state index contributed by atoms with van der Waals surface area (Å²) in [4.78, 5) is -1.45. The molecule has 3 aromatic carbocycles. The van der Waals surface area contributed by atoms with Gasteiger partial charge in [-0.1, -0.05) is 116 Å². The van der Waals surface area contributed by atoms with Crippen molar-refractivity contribution in [2.45, 2.75) is 37.7 Å². The SMILES string of the molecule is CS(=O)(=O)N[C@](Cl)(c1ccccc1)[C@H](N)c1ccccc1.Cc1ccc(C(C)C)cc1.[Ru]. The van der Waals surface area contributed by atoms with E-state index in [0.717, 1.165) is 11.8 Å². The van der Waals surface area contributed by atoms with Crippen molar-refractivity contribution in [3.05, 3.63) is 107 Å². The fraction of sp³-hybridized carbons (Fsp3) is 0.280. The number of benzene rings is 3.